The molecule has 2 heterocycles. The predicted octanol–water partition coefficient (Wildman–Crippen LogP) is 1.63. The van der Waals surface area contributed by atoms with E-state index in [0.717, 1.165) is 18.4 Å². The molecule has 3 aromatic carbocycles. The van der Waals surface area contributed by atoms with Crippen LogP contribution in [-0.4, -0.2) is 71.1 Å². The molecule has 2 aliphatic heterocycles. The molecule has 0 bridgehead atoms. The molecular weight excluding hydrogens is 572 g/mol. The number of carbonyl (C=O) groups excluding carboxylic acids is 4. The molecule has 5 rings (SSSR count). The van der Waals surface area contributed by atoms with Crippen LogP contribution in [0.3, 0.4) is 0 Å². The third-order valence-corrected chi connectivity index (χ3v) is 8.41. The Labute approximate surface area is 261 Å². The summed E-state index contributed by atoms with van der Waals surface area (Å²) in [7, 11) is 0. The van der Waals surface area contributed by atoms with Gasteiger partial charge in [-0.3, -0.25) is 24.2 Å². The van der Waals surface area contributed by atoms with E-state index in [1.807, 2.05) is 48.5 Å². The van der Waals surface area contributed by atoms with Gasteiger partial charge in [-0.05, 0) is 54.2 Å². The van der Waals surface area contributed by atoms with Crippen molar-refractivity contribution >= 4 is 35.5 Å². The number of nitrogens with one attached hydrogen (secondary N) is 2. The van der Waals surface area contributed by atoms with E-state index < -0.39 is 41.3 Å². The van der Waals surface area contributed by atoms with Gasteiger partial charge in [0.2, 0.25) is 23.6 Å². The van der Waals surface area contributed by atoms with Crippen molar-refractivity contribution in [3.8, 4) is 5.75 Å². The number of benzene rings is 3. The van der Waals surface area contributed by atoms with E-state index in [1.54, 1.807) is 29.3 Å². The van der Waals surface area contributed by atoms with Crippen LogP contribution < -0.4 is 22.1 Å². The smallest absolute Gasteiger partial charge is 0.243 e. The van der Waals surface area contributed by atoms with Gasteiger partial charge in [-0.25, -0.2) is 0 Å². The van der Waals surface area contributed by atoms with Crippen LogP contribution in [0.5, 0.6) is 5.75 Å². The highest BCUT2D eigenvalue weighted by molar-refractivity contribution is 6.10. The third kappa shape index (κ3) is 7.21. The Morgan fingerprint density at radius 2 is 1.44 bits per heavy atom. The van der Waals surface area contributed by atoms with Crippen molar-refractivity contribution in [3.05, 3.63) is 95.6 Å². The molecule has 1 saturated heterocycles. The summed E-state index contributed by atoms with van der Waals surface area (Å²) in [6.07, 6.45) is 3.44. The van der Waals surface area contributed by atoms with Crippen LogP contribution in [-0.2, 0) is 37.4 Å². The van der Waals surface area contributed by atoms with Gasteiger partial charge in [0.15, 0.2) is 0 Å². The van der Waals surface area contributed by atoms with Gasteiger partial charge in [0, 0.05) is 32.1 Å². The molecule has 0 aromatic heterocycles. The third-order valence-electron chi connectivity index (χ3n) is 8.41. The number of aliphatic imine (C=N–C) groups is 1. The zero-order valence-electron chi connectivity index (χ0n) is 24.9. The molecule has 11 heteroatoms. The minimum absolute atomic E-state index is 0.0829. The number of nitrogens with two attached hydrogens (primary N) is 2. The van der Waals surface area contributed by atoms with Crippen molar-refractivity contribution in [2.24, 2.45) is 16.5 Å². The lowest BCUT2D eigenvalue weighted by Gasteiger charge is -2.34. The molecule has 1 fully saturated rings. The summed E-state index contributed by atoms with van der Waals surface area (Å²) in [5.41, 5.74) is 13.4. The SMILES string of the molecule is NC(=O)[C@@H](Cc1ccccc1)NC(=O)[C@@H](C[C@@]1(C(=O)N2CCCC2)C=Nc2ccccc21)NC(=O)[C@H](N)Cc1ccc(O)cc1. The zero-order valence-corrected chi connectivity index (χ0v) is 24.9. The monoisotopic (exact) mass is 610 g/mol. The van der Waals surface area contributed by atoms with Gasteiger partial charge in [0.25, 0.3) is 0 Å². The zero-order chi connectivity index (χ0) is 32.0. The van der Waals surface area contributed by atoms with E-state index in [-0.39, 0.29) is 30.9 Å². The summed E-state index contributed by atoms with van der Waals surface area (Å²) in [4.78, 5) is 60.5. The summed E-state index contributed by atoms with van der Waals surface area (Å²) in [6.45, 7) is 1.16. The first-order valence-corrected chi connectivity index (χ1v) is 15.1. The predicted molar refractivity (Wildman–Crippen MR) is 170 cm³/mol. The Morgan fingerprint density at radius 1 is 0.822 bits per heavy atom. The normalized spacial score (nSPS) is 18.9. The number of carbonyl (C=O) groups is 4. The number of likely N-dealkylation sites (tertiary alicyclic amines) is 1. The highest BCUT2D eigenvalue weighted by Gasteiger charge is 2.49. The summed E-state index contributed by atoms with van der Waals surface area (Å²) in [5, 5.41) is 15.1. The second kappa shape index (κ2) is 13.7. The Balaban J connectivity index is 1.45. The van der Waals surface area contributed by atoms with Crippen molar-refractivity contribution in [3.63, 3.8) is 0 Å². The van der Waals surface area contributed by atoms with Crippen molar-refractivity contribution in [1.29, 1.82) is 0 Å². The van der Waals surface area contributed by atoms with E-state index >= 15 is 0 Å². The molecule has 2 aliphatic rings. The molecule has 45 heavy (non-hydrogen) atoms. The second-order valence-electron chi connectivity index (χ2n) is 11.6. The number of phenols is 1. The van der Waals surface area contributed by atoms with Crippen LogP contribution in [0.4, 0.5) is 5.69 Å². The molecule has 0 spiro atoms. The first-order valence-electron chi connectivity index (χ1n) is 15.1. The Bertz CT molecular complexity index is 1570. The van der Waals surface area contributed by atoms with Crippen molar-refractivity contribution in [1.82, 2.24) is 15.5 Å². The number of amides is 4. The lowest BCUT2D eigenvalue weighted by atomic mass is 9.75. The summed E-state index contributed by atoms with van der Waals surface area (Å²) >= 11 is 0. The number of aromatic hydroxyl groups is 1. The van der Waals surface area contributed by atoms with E-state index in [0.29, 0.717) is 29.9 Å². The number of fused-ring (bicyclic) bond motifs is 1. The van der Waals surface area contributed by atoms with Gasteiger partial charge >= 0.3 is 0 Å². The van der Waals surface area contributed by atoms with Crippen LogP contribution in [0, 0.1) is 0 Å². The van der Waals surface area contributed by atoms with Crippen LogP contribution in [0.2, 0.25) is 0 Å². The van der Waals surface area contributed by atoms with E-state index in [1.165, 1.54) is 12.1 Å². The average Bonchev–Trinajstić information content (AvgIpc) is 3.71. The number of para-hydroxylation sites is 1. The van der Waals surface area contributed by atoms with Crippen LogP contribution in [0.15, 0.2) is 83.9 Å². The van der Waals surface area contributed by atoms with Gasteiger partial charge in [0.1, 0.15) is 23.2 Å². The summed E-state index contributed by atoms with van der Waals surface area (Å²) in [6, 6.07) is 19.3. The second-order valence-corrected chi connectivity index (χ2v) is 11.6. The number of nitrogens with zero attached hydrogens (tertiary/aromatic N) is 2. The first-order chi connectivity index (χ1) is 21.7. The van der Waals surface area contributed by atoms with Gasteiger partial charge in [-0.1, -0.05) is 60.7 Å². The quantitative estimate of drug-likeness (QED) is 0.208. The maximum atomic E-state index is 14.2. The highest BCUT2D eigenvalue weighted by Crippen LogP contribution is 2.42. The largest absolute Gasteiger partial charge is 0.508 e. The van der Waals surface area contributed by atoms with Gasteiger partial charge in [-0.2, -0.15) is 0 Å². The maximum absolute atomic E-state index is 14.2. The molecule has 11 nitrogen and oxygen atoms in total. The van der Waals surface area contributed by atoms with Crippen LogP contribution in [0.25, 0.3) is 0 Å². The Kier molecular flexibility index (Phi) is 9.58. The average molecular weight is 611 g/mol. The number of primary amides is 1. The lowest BCUT2D eigenvalue weighted by Crippen LogP contribution is -2.59. The molecule has 7 N–H and O–H groups in total. The van der Waals surface area contributed by atoms with Gasteiger partial charge in [-0.15, -0.1) is 0 Å². The van der Waals surface area contributed by atoms with Gasteiger partial charge in [0.05, 0.1) is 11.7 Å². The number of hydrogen-bond donors (Lipinski definition) is 5. The molecule has 4 amide bonds. The molecule has 234 valence electrons. The first kappa shape index (κ1) is 31.4. The lowest BCUT2D eigenvalue weighted by molar-refractivity contribution is -0.136. The minimum atomic E-state index is -1.33. The van der Waals surface area contributed by atoms with Crippen molar-refractivity contribution in [2.45, 2.75) is 55.6 Å². The molecule has 0 aliphatic carbocycles. The molecule has 4 atom stereocenters. The van der Waals surface area contributed by atoms with Crippen LogP contribution in [0.1, 0.15) is 36.0 Å². The fourth-order valence-corrected chi connectivity index (χ4v) is 5.97. The topological polar surface area (TPSA) is 180 Å². The fourth-order valence-electron chi connectivity index (χ4n) is 5.97. The number of phenolic OH excluding ortho intramolecular Hbond substituents is 1. The molecule has 3 aromatic rings. The standard InChI is InChI=1S/C34H38N6O5/c35-26(18-23-12-14-24(41)15-13-23)31(43)39-29(32(44)38-28(30(36)42)19-22-8-2-1-3-9-22)20-34(33(45)40-16-6-7-17-40)21-37-27-11-5-4-10-25(27)34/h1-5,8-15,21,26,28-29,41H,6-7,16-20,35H2,(H2,36,42)(H,38,44)(H,39,43)/t26-,28-,29-,34-/m1/s1. The summed E-state index contributed by atoms with van der Waals surface area (Å²) < 4.78 is 0. The highest BCUT2D eigenvalue weighted by atomic mass is 16.3. The summed E-state index contributed by atoms with van der Waals surface area (Å²) in [5.74, 6) is -2.15. The van der Waals surface area contributed by atoms with E-state index in [2.05, 4.69) is 15.6 Å². The molecular formula is C34H38N6O5. The maximum Gasteiger partial charge on any atom is 0.243 e. The van der Waals surface area contributed by atoms with Crippen molar-refractivity contribution in [2.75, 3.05) is 13.1 Å². The fraction of sp³-hybridized carbons (Fsp3) is 0.324. The van der Waals surface area contributed by atoms with Crippen molar-refractivity contribution < 1.29 is 24.3 Å². The minimum Gasteiger partial charge on any atom is -0.508 e. The number of hydrogen-bond acceptors (Lipinski definition) is 7. The Morgan fingerprint density at radius 3 is 2.13 bits per heavy atom. The van der Waals surface area contributed by atoms with Gasteiger partial charge < -0.3 is 32.1 Å². The molecule has 0 radical (unpaired) electrons. The molecule has 0 unspecified atom stereocenters. The molecule has 0 saturated carbocycles. The Hall–Kier alpha value is -5.03. The number of rotatable bonds is 12. The van der Waals surface area contributed by atoms with E-state index in [9.17, 15) is 24.3 Å². The van der Waals surface area contributed by atoms with Crippen LogP contribution >= 0.6 is 0 Å². The van der Waals surface area contributed by atoms with E-state index in [4.69, 9.17) is 11.5 Å².